The molecule has 1 aromatic carbocycles. The summed E-state index contributed by atoms with van der Waals surface area (Å²) in [5.74, 6) is -3.75. The van der Waals surface area contributed by atoms with Crippen LogP contribution in [0.5, 0.6) is 0 Å². The van der Waals surface area contributed by atoms with E-state index in [1.54, 1.807) is 43.3 Å². The molecule has 0 unspecified atom stereocenters. The topological polar surface area (TPSA) is 125 Å². The van der Waals surface area contributed by atoms with Gasteiger partial charge in [-0.1, -0.05) is 65.7 Å². The highest BCUT2D eigenvalue weighted by Gasteiger charge is 2.75. The van der Waals surface area contributed by atoms with E-state index in [9.17, 15) is 24.3 Å². The van der Waals surface area contributed by atoms with Crippen LogP contribution in [0.4, 0.5) is 5.69 Å². The summed E-state index contributed by atoms with van der Waals surface area (Å²) in [6.45, 7) is 5.46. The first-order valence-electron chi connectivity index (χ1n) is 14.7. The quantitative estimate of drug-likeness (QED) is 0.362. The molecule has 0 radical (unpaired) electrons. The predicted octanol–water partition coefficient (Wildman–Crippen LogP) is 3.35. The molecule has 0 saturated carbocycles. The van der Waals surface area contributed by atoms with E-state index in [0.29, 0.717) is 28.0 Å². The van der Waals surface area contributed by atoms with Crippen LogP contribution in [0.3, 0.4) is 0 Å². The maximum atomic E-state index is 14.9. The number of para-hydroxylation sites is 1. The molecule has 2 fully saturated rings. The fraction of sp³-hybridized carbons (Fsp3) is 0.548. The summed E-state index contributed by atoms with van der Waals surface area (Å²) in [7, 11) is 0. The van der Waals surface area contributed by atoms with E-state index >= 15 is 0 Å². The molecule has 4 aliphatic heterocycles. The fourth-order valence-corrected chi connectivity index (χ4v) is 7.69. The average molecular weight is 679 g/mol. The van der Waals surface area contributed by atoms with Gasteiger partial charge in [0.05, 0.1) is 35.8 Å². The van der Waals surface area contributed by atoms with E-state index in [4.69, 9.17) is 21.1 Å². The van der Waals surface area contributed by atoms with Crippen molar-refractivity contribution in [1.82, 2.24) is 10.2 Å². The van der Waals surface area contributed by atoms with Crippen LogP contribution in [-0.4, -0.2) is 83.3 Å². The highest BCUT2D eigenvalue weighted by atomic mass is 79.9. The zero-order valence-corrected chi connectivity index (χ0v) is 26.7. The van der Waals surface area contributed by atoms with Crippen molar-refractivity contribution in [2.75, 3.05) is 24.6 Å². The van der Waals surface area contributed by atoms with Gasteiger partial charge in [0.25, 0.3) is 5.91 Å². The Labute approximate surface area is 264 Å². The third-order valence-electron chi connectivity index (χ3n) is 8.52. The Kier molecular flexibility index (Phi) is 9.37. The molecule has 0 aliphatic carbocycles. The number of hydrogen-bond donors (Lipinski definition) is 2. The van der Waals surface area contributed by atoms with Crippen LogP contribution < -0.4 is 10.2 Å². The van der Waals surface area contributed by atoms with Gasteiger partial charge in [-0.25, -0.2) is 0 Å². The van der Waals surface area contributed by atoms with E-state index in [1.807, 2.05) is 19.9 Å². The van der Waals surface area contributed by atoms with Crippen LogP contribution in [0, 0.1) is 17.8 Å². The van der Waals surface area contributed by atoms with Gasteiger partial charge in [0.1, 0.15) is 29.8 Å². The van der Waals surface area contributed by atoms with Crippen molar-refractivity contribution in [3.8, 4) is 0 Å². The molecule has 232 valence electrons. The number of aliphatic hydroxyl groups is 1. The van der Waals surface area contributed by atoms with Gasteiger partial charge in [-0.3, -0.25) is 19.2 Å². The standard InChI is InChI=1S/C31H37BrClN3O7/c1-17(2)13-19(16-37)36-27-29(40)35(22-10-7-6-9-21(22)33)12-8-4-5-11-23(38)34-15-18(3)42-30(41)24-25(28(36)39)31(27)14-20(32)26(24)43-31/h4,6-10,14,17-19,24-27,37H,5,11-13,15-16H2,1-3H3,(H,34,38)/b8-4-/t18-,19+,24+,25-,26+,27+,31-/m0/s1. The zero-order valence-electron chi connectivity index (χ0n) is 24.4. The van der Waals surface area contributed by atoms with Crippen LogP contribution in [0.25, 0.3) is 0 Å². The van der Waals surface area contributed by atoms with E-state index in [2.05, 4.69) is 21.2 Å². The normalized spacial score (nSPS) is 32.9. The van der Waals surface area contributed by atoms with Crippen molar-refractivity contribution >= 4 is 56.9 Å². The molecule has 12 heteroatoms. The summed E-state index contributed by atoms with van der Waals surface area (Å²) in [6.07, 6.45) is 4.92. The number of cyclic esters (lactones) is 1. The predicted molar refractivity (Wildman–Crippen MR) is 163 cm³/mol. The maximum absolute atomic E-state index is 14.9. The lowest BCUT2D eigenvalue weighted by atomic mass is 9.74. The van der Waals surface area contributed by atoms with Gasteiger partial charge < -0.3 is 29.7 Å². The van der Waals surface area contributed by atoms with E-state index in [-0.39, 0.29) is 37.9 Å². The van der Waals surface area contributed by atoms with E-state index < -0.39 is 59.5 Å². The van der Waals surface area contributed by atoms with Gasteiger partial charge in [-0.05, 0) is 43.9 Å². The summed E-state index contributed by atoms with van der Waals surface area (Å²) in [6, 6.07) is 5.02. The number of carbonyl (C=O) groups excluding carboxylic acids is 4. The third kappa shape index (κ3) is 5.77. The summed E-state index contributed by atoms with van der Waals surface area (Å²) in [5.41, 5.74) is -1.05. The van der Waals surface area contributed by atoms with E-state index in [1.165, 1.54) is 9.80 Å². The second-order valence-electron chi connectivity index (χ2n) is 12.0. The maximum Gasteiger partial charge on any atom is 0.313 e. The number of anilines is 1. The molecular weight excluding hydrogens is 642 g/mol. The van der Waals surface area contributed by atoms with Gasteiger partial charge in [0.2, 0.25) is 11.8 Å². The second-order valence-corrected chi connectivity index (χ2v) is 13.3. The number of allylic oxidation sites excluding steroid dienone is 1. The van der Waals surface area contributed by atoms with Gasteiger partial charge in [0.15, 0.2) is 0 Å². The number of nitrogens with zero attached hydrogens (tertiary/aromatic N) is 2. The number of aliphatic hydroxyl groups excluding tert-OH is 1. The monoisotopic (exact) mass is 677 g/mol. The smallest absolute Gasteiger partial charge is 0.313 e. The lowest BCUT2D eigenvalue weighted by Crippen LogP contribution is -2.59. The van der Waals surface area contributed by atoms with Gasteiger partial charge in [-0.15, -0.1) is 0 Å². The van der Waals surface area contributed by atoms with Gasteiger partial charge in [-0.2, -0.15) is 0 Å². The first-order chi connectivity index (χ1) is 20.5. The number of rotatable bonds is 5. The number of benzene rings is 1. The fourth-order valence-electron chi connectivity index (χ4n) is 6.72. The number of halogens is 2. The number of ether oxygens (including phenoxy) is 2. The molecule has 4 aliphatic rings. The van der Waals surface area contributed by atoms with Gasteiger partial charge >= 0.3 is 5.97 Å². The Hall–Kier alpha value is -2.73. The largest absolute Gasteiger partial charge is 0.460 e. The summed E-state index contributed by atoms with van der Waals surface area (Å²) in [4.78, 5) is 58.4. The number of likely N-dealkylation sites (tertiary alicyclic amines) is 1. The van der Waals surface area contributed by atoms with Crippen molar-refractivity contribution < 1.29 is 33.8 Å². The molecule has 5 bridgehead atoms. The molecule has 2 N–H and O–H groups in total. The Morgan fingerprint density at radius 3 is 2.60 bits per heavy atom. The van der Waals surface area contributed by atoms with Crippen LogP contribution in [0.1, 0.15) is 40.0 Å². The molecule has 1 spiro atoms. The Balaban J connectivity index is 1.67. The number of carbonyl (C=O) groups is 4. The Morgan fingerprint density at radius 2 is 1.91 bits per heavy atom. The van der Waals surface area contributed by atoms with Crippen molar-refractivity contribution in [2.24, 2.45) is 17.8 Å². The van der Waals surface area contributed by atoms with E-state index in [0.717, 1.165) is 0 Å². The van der Waals surface area contributed by atoms with Crippen LogP contribution in [0.15, 0.2) is 47.0 Å². The molecule has 1 aromatic rings. The minimum Gasteiger partial charge on any atom is -0.460 e. The second kappa shape index (κ2) is 12.7. The first-order valence-corrected chi connectivity index (χ1v) is 15.8. The van der Waals surface area contributed by atoms with Crippen molar-refractivity contribution in [3.05, 3.63) is 52.0 Å². The third-order valence-corrected chi connectivity index (χ3v) is 9.52. The van der Waals surface area contributed by atoms with Crippen LogP contribution >= 0.6 is 27.5 Å². The summed E-state index contributed by atoms with van der Waals surface area (Å²) >= 11 is 10.1. The number of fused-ring (bicyclic) bond motifs is 2. The van der Waals surface area contributed by atoms with Crippen molar-refractivity contribution in [3.63, 3.8) is 0 Å². The number of hydrogen-bond acceptors (Lipinski definition) is 7. The molecule has 5 rings (SSSR count). The van der Waals surface area contributed by atoms with Crippen LogP contribution in [0.2, 0.25) is 5.02 Å². The minimum absolute atomic E-state index is 0.100. The lowest BCUT2D eigenvalue weighted by molar-refractivity contribution is -0.159. The Bertz CT molecular complexity index is 1350. The van der Waals surface area contributed by atoms with Crippen LogP contribution in [-0.2, 0) is 28.7 Å². The molecule has 43 heavy (non-hydrogen) atoms. The van der Waals surface area contributed by atoms with Crippen molar-refractivity contribution in [1.29, 1.82) is 0 Å². The summed E-state index contributed by atoms with van der Waals surface area (Å²) in [5, 5.41) is 13.7. The molecular formula is C31H37BrClN3O7. The number of nitrogens with one attached hydrogen (secondary N) is 1. The molecule has 4 heterocycles. The molecule has 10 nitrogen and oxygen atoms in total. The highest BCUT2D eigenvalue weighted by Crippen LogP contribution is 2.59. The van der Waals surface area contributed by atoms with Gasteiger partial charge in [0, 0.05) is 17.4 Å². The molecule has 3 amide bonds. The number of amides is 3. The molecule has 0 aromatic heterocycles. The Morgan fingerprint density at radius 1 is 1.16 bits per heavy atom. The highest BCUT2D eigenvalue weighted by molar-refractivity contribution is 9.11. The summed E-state index contributed by atoms with van der Waals surface area (Å²) < 4.78 is 12.8. The lowest BCUT2D eigenvalue weighted by Gasteiger charge is -2.39. The minimum atomic E-state index is -1.49. The average Bonchev–Trinajstić information content (AvgIpc) is 3.55. The molecule has 7 atom stereocenters. The number of esters is 1. The molecule has 2 saturated heterocycles. The zero-order chi connectivity index (χ0) is 31.1. The first kappa shape index (κ1) is 31.7. The van der Waals surface area contributed by atoms with Crippen molar-refractivity contribution in [2.45, 2.75) is 69.9 Å². The SMILES string of the molecule is CC(C)C[C@H](CO)N1C(=O)[C@@H]2[C@H]3C(=O)O[C@@H](C)CNC(=O)CC/C=C\CN(c4ccccc4Cl)C(=O)[C@@H]1[C@]21C=C(Br)[C@H]3O1.